The molecule has 0 heterocycles. The minimum atomic E-state index is -4.53. The molecular formula is C6H12NO7P. The minimum Gasteiger partial charge on any atom is -0.481 e. The van der Waals surface area contributed by atoms with Crippen LogP contribution in [0.4, 0.5) is 0 Å². The van der Waals surface area contributed by atoms with Crippen LogP contribution in [0.25, 0.3) is 0 Å². The van der Waals surface area contributed by atoms with E-state index >= 15 is 0 Å². The maximum absolute atomic E-state index is 10.8. The molecule has 9 heteroatoms. The van der Waals surface area contributed by atoms with Crippen LogP contribution < -0.4 is 5.32 Å². The van der Waals surface area contributed by atoms with Gasteiger partial charge in [0.25, 0.3) is 0 Å². The average molecular weight is 241 g/mol. The number of carbonyl (C=O) groups is 2. The Morgan fingerprint density at radius 3 is 2.07 bits per heavy atom. The van der Waals surface area contributed by atoms with Crippen molar-refractivity contribution < 1.29 is 34.2 Å². The fourth-order valence-corrected chi connectivity index (χ4v) is 1.65. The summed E-state index contributed by atoms with van der Waals surface area (Å²) in [7, 11) is -4.53. The number of nitrogens with one attached hydrogen (secondary N) is 1. The van der Waals surface area contributed by atoms with Gasteiger partial charge in [-0.25, -0.2) is 0 Å². The van der Waals surface area contributed by atoms with Crippen LogP contribution in [0.15, 0.2) is 0 Å². The summed E-state index contributed by atoms with van der Waals surface area (Å²) in [6, 6.07) is 0. The van der Waals surface area contributed by atoms with Crippen molar-refractivity contribution in [2.75, 3.05) is 6.54 Å². The maximum atomic E-state index is 10.8. The predicted molar refractivity (Wildman–Crippen MR) is 48.3 cm³/mol. The standard InChI is InChI=1S/C6H12NO7P/c8-5(9)2-1-4(15(12,13)14)7-3-6(10)11/h4,7H,1-3H2,(H,8,9)(H,10,11)(H2,12,13,14). The molecule has 15 heavy (non-hydrogen) atoms. The van der Waals surface area contributed by atoms with E-state index < -0.39 is 38.3 Å². The van der Waals surface area contributed by atoms with E-state index in [-0.39, 0.29) is 6.42 Å². The first-order valence-electron chi connectivity index (χ1n) is 3.95. The van der Waals surface area contributed by atoms with Crippen molar-refractivity contribution in [3.63, 3.8) is 0 Å². The van der Waals surface area contributed by atoms with E-state index in [9.17, 15) is 14.2 Å². The van der Waals surface area contributed by atoms with Crippen LogP contribution in [-0.2, 0) is 14.2 Å². The van der Waals surface area contributed by atoms with Gasteiger partial charge in [-0.3, -0.25) is 19.5 Å². The highest BCUT2D eigenvalue weighted by Crippen LogP contribution is 2.41. The molecule has 1 atom stereocenters. The molecule has 0 bridgehead atoms. The monoisotopic (exact) mass is 241 g/mol. The molecule has 0 spiro atoms. The largest absolute Gasteiger partial charge is 0.481 e. The lowest BCUT2D eigenvalue weighted by Crippen LogP contribution is -2.34. The number of carboxylic acids is 2. The Bertz CT molecular complexity index is 267. The molecule has 0 rings (SSSR count). The molecule has 0 amide bonds. The third kappa shape index (κ3) is 7.03. The molecule has 0 saturated heterocycles. The Balaban J connectivity index is 4.26. The Morgan fingerprint density at radius 2 is 1.73 bits per heavy atom. The van der Waals surface area contributed by atoms with Gasteiger partial charge in [0.1, 0.15) is 5.78 Å². The molecule has 1 unspecified atom stereocenters. The van der Waals surface area contributed by atoms with E-state index in [1.54, 1.807) is 0 Å². The van der Waals surface area contributed by atoms with Crippen molar-refractivity contribution in [3.05, 3.63) is 0 Å². The van der Waals surface area contributed by atoms with Gasteiger partial charge >= 0.3 is 19.5 Å². The summed E-state index contributed by atoms with van der Waals surface area (Å²) in [6.07, 6.45) is -0.769. The van der Waals surface area contributed by atoms with Crippen LogP contribution in [0.1, 0.15) is 12.8 Å². The summed E-state index contributed by atoms with van der Waals surface area (Å²) in [5.74, 6) is -3.92. The Kier molecular flexibility index (Phi) is 5.45. The first-order chi connectivity index (χ1) is 6.73. The highest BCUT2D eigenvalue weighted by molar-refractivity contribution is 7.52. The van der Waals surface area contributed by atoms with Crippen molar-refractivity contribution in [1.82, 2.24) is 5.32 Å². The fraction of sp³-hybridized carbons (Fsp3) is 0.667. The highest BCUT2D eigenvalue weighted by Gasteiger charge is 2.29. The summed E-state index contributed by atoms with van der Waals surface area (Å²) in [5.41, 5.74) is 0. The number of carboxylic acid groups (broad SMARTS) is 2. The lowest BCUT2D eigenvalue weighted by Gasteiger charge is -2.17. The summed E-state index contributed by atoms with van der Waals surface area (Å²) < 4.78 is 10.8. The van der Waals surface area contributed by atoms with Gasteiger partial charge in [0.2, 0.25) is 0 Å². The molecule has 0 aromatic carbocycles. The first kappa shape index (κ1) is 14.1. The summed E-state index contributed by atoms with van der Waals surface area (Å²) in [6.45, 7) is -0.630. The number of rotatable bonds is 7. The molecular weight excluding hydrogens is 229 g/mol. The third-order valence-electron chi connectivity index (χ3n) is 1.53. The Morgan fingerprint density at radius 1 is 1.20 bits per heavy atom. The summed E-state index contributed by atoms with van der Waals surface area (Å²) in [5, 5.41) is 18.7. The first-order valence-corrected chi connectivity index (χ1v) is 5.64. The second kappa shape index (κ2) is 5.82. The molecule has 0 aliphatic heterocycles. The second-order valence-electron chi connectivity index (χ2n) is 2.81. The molecule has 5 N–H and O–H groups in total. The van der Waals surface area contributed by atoms with Gasteiger partial charge in [-0.2, -0.15) is 0 Å². The van der Waals surface area contributed by atoms with E-state index in [0.29, 0.717) is 0 Å². The normalized spacial score (nSPS) is 13.5. The molecule has 0 radical (unpaired) electrons. The number of hydrogen-bond donors (Lipinski definition) is 5. The second-order valence-corrected chi connectivity index (χ2v) is 4.61. The molecule has 0 aromatic heterocycles. The summed E-state index contributed by atoms with van der Waals surface area (Å²) in [4.78, 5) is 37.8. The number of aliphatic carboxylic acids is 2. The smallest absolute Gasteiger partial charge is 0.342 e. The Labute approximate surface area is 85.1 Å². The van der Waals surface area contributed by atoms with Gasteiger partial charge in [0.05, 0.1) is 6.54 Å². The molecule has 0 fully saturated rings. The van der Waals surface area contributed by atoms with Gasteiger partial charge < -0.3 is 20.0 Å². The van der Waals surface area contributed by atoms with E-state index in [1.807, 2.05) is 0 Å². The minimum absolute atomic E-state index is 0.326. The lowest BCUT2D eigenvalue weighted by molar-refractivity contribution is -0.137. The highest BCUT2D eigenvalue weighted by atomic mass is 31.2. The summed E-state index contributed by atoms with van der Waals surface area (Å²) >= 11 is 0. The van der Waals surface area contributed by atoms with Gasteiger partial charge in [0.15, 0.2) is 0 Å². The molecule has 0 aliphatic rings. The van der Waals surface area contributed by atoms with Gasteiger partial charge in [-0.1, -0.05) is 0 Å². The molecule has 88 valence electrons. The topological polar surface area (TPSA) is 144 Å². The molecule has 0 aromatic rings. The van der Waals surface area contributed by atoms with Crippen LogP contribution >= 0.6 is 7.60 Å². The molecule has 8 nitrogen and oxygen atoms in total. The van der Waals surface area contributed by atoms with Gasteiger partial charge in [0, 0.05) is 6.42 Å². The Hall–Kier alpha value is -0.950. The van der Waals surface area contributed by atoms with Crippen LogP contribution in [0.3, 0.4) is 0 Å². The van der Waals surface area contributed by atoms with Crippen LogP contribution in [0.2, 0.25) is 0 Å². The van der Waals surface area contributed by atoms with Crippen molar-refractivity contribution in [1.29, 1.82) is 0 Å². The SMILES string of the molecule is O=C(O)CCC(NCC(=O)O)P(=O)(O)O. The molecule has 0 aliphatic carbocycles. The predicted octanol–water partition coefficient (Wildman–Crippen LogP) is -0.971. The zero-order chi connectivity index (χ0) is 12.1. The van der Waals surface area contributed by atoms with Crippen LogP contribution in [-0.4, -0.2) is 44.3 Å². The maximum Gasteiger partial charge on any atom is 0.342 e. The number of hydrogen-bond acceptors (Lipinski definition) is 4. The quantitative estimate of drug-likeness (QED) is 0.358. The lowest BCUT2D eigenvalue weighted by atomic mass is 10.3. The average Bonchev–Trinajstić information content (AvgIpc) is 2.00. The zero-order valence-corrected chi connectivity index (χ0v) is 8.55. The van der Waals surface area contributed by atoms with E-state index in [1.165, 1.54) is 0 Å². The van der Waals surface area contributed by atoms with E-state index in [4.69, 9.17) is 20.0 Å². The van der Waals surface area contributed by atoms with Crippen LogP contribution in [0.5, 0.6) is 0 Å². The van der Waals surface area contributed by atoms with E-state index in [0.717, 1.165) is 0 Å². The zero-order valence-electron chi connectivity index (χ0n) is 7.66. The van der Waals surface area contributed by atoms with E-state index in [2.05, 4.69) is 5.32 Å². The third-order valence-corrected chi connectivity index (χ3v) is 2.78. The van der Waals surface area contributed by atoms with Crippen molar-refractivity contribution in [2.45, 2.75) is 18.6 Å². The van der Waals surface area contributed by atoms with Gasteiger partial charge in [-0.05, 0) is 6.42 Å². The fourth-order valence-electron chi connectivity index (χ4n) is 0.854. The molecule has 0 saturated carbocycles. The van der Waals surface area contributed by atoms with Gasteiger partial charge in [-0.15, -0.1) is 0 Å². The van der Waals surface area contributed by atoms with Crippen LogP contribution in [0, 0.1) is 0 Å². The van der Waals surface area contributed by atoms with Crippen molar-refractivity contribution >= 4 is 19.5 Å². The van der Waals surface area contributed by atoms with Crippen molar-refractivity contribution in [2.24, 2.45) is 0 Å². The van der Waals surface area contributed by atoms with Crippen molar-refractivity contribution in [3.8, 4) is 0 Å².